The lowest BCUT2D eigenvalue weighted by Gasteiger charge is -2.43. The lowest BCUT2D eigenvalue weighted by molar-refractivity contribution is -0.135. The zero-order valence-electron chi connectivity index (χ0n) is 12.6. The molecule has 1 aromatic rings. The number of ketones is 1. The van der Waals surface area contributed by atoms with Crippen LogP contribution in [0.5, 0.6) is 0 Å². The summed E-state index contributed by atoms with van der Waals surface area (Å²) in [6.45, 7) is 4.33. The van der Waals surface area contributed by atoms with Crippen LogP contribution >= 0.6 is 22.6 Å². The van der Waals surface area contributed by atoms with Crippen LogP contribution in [-0.2, 0) is 9.53 Å². The summed E-state index contributed by atoms with van der Waals surface area (Å²) in [6.07, 6.45) is 4.24. The highest BCUT2D eigenvalue weighted by Gasteiger charge is 2.54. The predicted octanol–water partition coefficient (Wildman–Crippen LogP) is 4.97. The van der Waals surface area contributed by atoms with Gasteiger partial charge >= 0.3 is 0 Å². The summed E-state index contributed by atoms with van der Waals surface area (Å²) in [7, 11) is 0. The zero-order valence-corrected chi connectivity index (χ0v) is 14.7. The van der Waals surface area contributed by atoms with Gasteiger partial charge in [0, 0.05) is 5.56 Å². The van der Waals surface area contributed by atoms with Crippen molar-refractivity contribution in [2.24, 2.45) is 11.3 Å². The first kappa shape index (κ1) is 15.1. The van der Waals surface area contributed by atoms with Crippen LogP contribution in [0.3, 0.4) is 0 Å². The number of Topliss-reactive ketones (excluding diaryl/α,β-unsaturated/α-hetero) is 1. The molecular formula is C18H21IO2. The highest BCUT2D eigenvalue weighted by Crippen LogP contribution is 2.52. The Morgan fingerprint density at radius 3 is 2.38 bits per heavy atom. The molecular weight excluding hydrogens is 375 g/mol. The number of ether oxygens (including phenoxy) is 1. The lowest BCUT2D eigenvalue weighted by Crippen LogP contribution is -2.47. The summed E-state index contributed by atoms with van der Waals surface area (Å²) in [4.78, 5) is 13.1. The average Bonchev–Trinajstić information content (AvgIpc) is 2.96. The molecule has 1 aliphatic carbocycles. The van der Waals surface area contributed by atoms with Gasteiger partial charge in [0.25, 0.3) is 0 Å². The van der Waals surface area contributed by atoms with Gasteiger partial charge in [-0.1, -0.05) is 57.0 Å². The molecule has 0 unspecified atom stereocenters. The van der Waals surface area contributed by atoms with Gasteiger partial charge in [-0.2, -0.15) is 0 Å². The summed E-state index contributed by atoms with van der Waals surface area (Å²) >= 11 is 2.19. The van der Waals surface area contributed by atoms with Gasteiger partial charge in [-0.05, 0) is 41.4 Å². The van der Waals surface area contributed by atoms with Gasteiger partial charge < -0.3 is 4.74 Å². The molecule has 0 aromatic heterocycles. The van der Waals surface area contributed by atoms with Crippen molar-refractivity contribution in [3.63, 3.8) is 0 Å². The van der Waals surface area contributed by atoms with Crippen LogP contribution in [-0.4, -0.2) is 11.9 Å². The van der Waals surface area contributed by atoms with Crippen molar-refractivity contribution in [2.45, 2.75) is 45.6 Å². The number of carbonyl (C=O) groups is 1. The minimum atomic E-state index is -0.275. The fraction of sp³-hybridized carbons (Fsp3) is 0.500. The quantitative estimate of drug-likeness (QED) is 0.660. The number of halogens is 1. The first-order chi connectivity index (χ1) is 10.1. The van der Waals surface area contributed by atoms with Gasteiger partial charge in [0.15, 0.2) is 5.78 Å². The van der Waals surface area contributed by atoms with Crippen LogP contribution in [0.1, 0.15) is 45.1 Å². The lowest BCUT2D eigenvalue weighted by atomic mass is 9.71. The van der Waals surface area contributed by atoms with Crippen LogP contribution in [0.15, 0.2) is 33.9 Å². The molecule has 21 heavy (non-hydrogen) atoms. The first-order valence-electron chi connectivity index (χ1n) is 7.73. The van der Waals surface area contributed by atoms with E-state index in [2.05, 4.69) is 36.4 Å². The normalized spacial score (nSPS) is 24.8. The molecule has 0 bridgehead atoms. The molecule has 0 amide bonds. The van der Waals surface area contributed by atoms with E-state index in [-0.39, 0.29) is 11.5 Å². The van der Waals surface area contributed by atoms with E-state index in [1.54, 1.807) is 0 Å². The van der Waals surface area contributed by atoms with Crippen molar-refractivity contribution in [2.75, 3.05) is 0 Å². The van der Waals surface area contributed by atoms with Crippen molar-refractivity contribution >= 4 is 34.1 Å². The first-order valence-corrected chi connectivity index (χ1v) is 8.81. The molecule has 0 N–H and O–H groups in total. The number of allylic oxidation sites excluding steroid dienone is 1. The Bertz CT molecular complexity index is 568. The van der Waals surface area contributed by atoms with E-state index in [0.29, 0.717) is 11.7 Å². The topological polar surface area (TPSA) is 26.3 Å². The summed E-state index contributed by atoms with van der Waals surface area (Å²) in [6, 6.07) is 10.0. The average molecular weight is 396 g/mol. The second-order valence-corrected chi connectivity index (χ2v) is 7.56. The molecule has 1 fully saturated rings. The molecule has 2 aliphatic rings. The minimum Gasteiger partial charge on any atom is -0.487 e. The van der Waals surface area contributed by atoms with E-state index in [1.165, 1.54) is 0 Å². The van der Waals surface area contributed by atoms with E-state index in [9.17, 15) is 4.79 Å². The largest absolute Gasteiger partial charge is 0.487 e. The summed E-state index contributed by atoms with van der Waals surface area (Å²) in [5.74, 6) is 1.43. The molecule has 0 saturated heterocycles. The zero-order chi connectivity index (χ0) is 15.0. The van der Waals surface area contributed by atoms with Crippen LogP contribution in [0.25, 0.3) is 5.76 Å². The molecule has 1 heterocycles. The van der Waals surface area contributed by atoms with Crippen molar-refractivity contribution in [1.82, 2.24) is 0 Å². The molecule has 1 aromatic carbocycles. The fourth-order valence-corrected chi connectivity index (χ4v) is 4.79. The van der Waals surface area contributed by atoms with Crippen molar-refractivity contribution in [3.05, 3.63) is 39.5 Å². The summed E-state index contributed by atoms with van der Waals surface area (Å²) < 4.78 is 7.18. The SMILES string of the molecule is CC(C)[C@H]1OC(c2ccccc2)=C(I)C(=O)C12CCCC2. The van der Waals surface area contributed by atoms with Crippen LogP contribution in [0.2, 0.25) is 0 Å². The smallest absolute Gasteiger partial charge is 0.182 e. The predicted molar refractivity (Wildman–Crippen MR) is 93.0 cm³/mol. The molecule has 3 rings (SSSR count). The number of hydrogen-bond acceptors (Lipinski definition) is 2. The molecule has 1 atom stereocenters. The Kier molecular flexibility index (Phi) is 4.12. The Balaban J connectivity index is 2.08. The molecule has 2 nitrogen and oxygen atoms in total. The van der Waals surface area contributed by atoms with Gasteiger partial charge in [0.05, 0.1) is 8.99 Å². The maximum absolute atomic E-state index is 13.1. The number of hydrogen-bond donors (Lipinski definition) is 0. The van der Waals surface area contributed by atoms with Crippen LogP contribution < -0.4 is 0 Å². The minimum absolute atomic E-state index is 0.00113. The Labute approximate surface area is 140 Å². The molecule has 1 spiro atoms. The third-order valence-corrected chi connectivity index (χ3v) is 5.76. The van der Waals surface area contributed by atoms with E-state index in [4.69, 9.17) is 4.74 Å². The van der Waals surface area contributed by atoms with Gasteiger partial charge in [0.2, 0.25) is 0 Å². The van der Waals surface area contributed by atoms with Crippen molar-refractivity contribution < 1.29 is 9.53 Å². The Morgan fingerprint density at radius 1 is 1.19 bits per heavy atom. The number of carbonyl (C=O) groups excluding carboxylic acids is 1. The third-order valence-electron chi connectivity index (χ3n) is 4.78. The second kappa shape index (κ2) is 5.75. The van der Waals surface area contributed by atoms with Gasteiger partial charge in [0.1, 0.15) is 11.9 Å². The van der Waals surface area contributed by atoms with Crippen molar-refractivity contribution in [3.8, 4) is 0 Å². The molecule has 112 valence electrons. The summed E-state index contributed by atoms with van der Waals surface area (Å²) in [5.41, 5.74) is 0.733. The van der Waals surface area contributed by atoms with Gasteiger partial charge in [-0.25, -0.2) is 0 Å². The van der Waals surface area contributed by atoms with E-state index < -0.39 is 0 Å². The number of benzene rings is 1. The monoisotopic (exact) mass is 396 g/mol. The standard InChI is InChI=1S/C18H21IO2/c1-12(2)17-18(10-6-7-11-18)16(20)14(19)15(21-17)13-8-4-3-5-9-13/h3-5,8-9,12,17H,6-7,10-11H2,1-2H3/t17-/m1/s1. The maximum atomic E-state index is 13.1. The maximum Gasteiger partial charge on any atom is 0.182 e. The molecule has 1 saturated carbocycles. The van der Waals surface area contributed by atoms with Crippen LogP contribution in [0, 0.1) is 11.3 Å². The fourth-order valence-electron chi connectivity index (χ4n) is 3.82. The van der Waals surface area contributed by atoms with E-state index >= 15 is 0 Å². The molecule has 3 heteroatoms. The highest BCUT2D eigenvalue weighted by atomic mass is 127. The van der Waals surface area contributed by atoms with Gasteiger partial charge in [-0.15, -0.1) is 0 Å². The number of rotatable bonds is 2. The summed E-state index contributed by atoms with van der Waals surface area (Å²) in [5, 5.41) is 0. The van der Waals surface area contributed by atoms with Gasteiger partial charge in [-0.3, -0.25) is 4.79 Å². The van der Waals surface area contributed by atoms with Crippen molar-refractivity contribution in [1.29, 1.82) is 0 Å². The Hall–Kier alpha value is -0.840. The van der Waals surface area contributed by atoms with E-state index in [1.807, 2.05) is 30.3 Å². The van der Waals surface area contributed by atoms with Crippen LogP contribution in [0.4, 0.5) is 0 Å². The third kappa shape index (κ3) is 2.43. The highest BCUT2D eigenvalue weighted by molar-refractivity contribution is 14.1. The van der Waals surface area contributed by atoms with E-state index in [0.717, 1.165) is 40.6 Å². The second-order valence-electron chi connectivity index (χ2n) is 6.48. The Morgan fingerprint density at radius 2 is 1.81 bits per heavy atom. The molecule has 0 radical (unpaired) electrons. The molecule has 1 aliphatic heterocycles.